The van der Waals surface area contributed by atoms with Crippen LogP contribution < -0.4 is 11.1 Å². The molecule has 0 aliphatic carbocycles. The largest absolute Gasteiger partial charge is 0.395 e. The highest BCUT2D eigenvalue weighted by molar-refractivity contribution is 5.97. The molecule has 0 saturated carbocycles. The van der Waals surface area contributed by atoms with E-state index in [4.69, 9.17) is 12.2 Å². The molecule has 0 spiro atoms. The van der Waals surface area contributed by atoms with E-state index in [9.17, 15) is 4.79 Å². The number of rotatable bonds is 5. The van der Waals surface area contributed by atoms with Crippen molar-refractivity contribution < 1.29 is 4.79 Å². The first-order valence-corrected chi connectivity index (χ1v) is 5.25. The number of nitrogen functional groups attached to an aromatic ring is 1. The average molecular weight is 220 g/mol. The number of nitrogens with two attached hydrogens (primary N) is 1. The van der Waals surface area contributed by atoms with Crippen molar-refractivity contribution in [2.45, 2.75) is 26.2 Å². The fourth-order valence-electron chi connectivity index (χ4n) is 1.31. The molecule has 1 aromatic rings. The molecule has 5 nitrogen and oxygen atoms in total. The van der Waals surface area contributed by atoms with Crippen LogP contribution in [0.1, 0.15) is 35.9 Å². The summed E-state index contributed by atoms with van der Waals surface area (Å²) in [4.78, 5) is 11.6. The number of aromatic nitrogens is 2. The van der Waals surface area contributed by atoms with E-state index in [0.717, 1.165) is 18.5 Å². The van der Waals surface area contributed by atoms with Crippen LogP contribution in [-0.4, -0.2) is 22.6 Å². The molecule has 1 heterocycles. The second-order valence-electron chi connectivity index (χ2n) is 3.38. The summed E-state index contributed by atoms with van der Waals surface area (Å²) in [6.07, 6.45) is 7.23. The smallest absolute Gasteiger partial charge is 0.273 e. The normalized spacial score (nSPS) is 9.75. The van der Waals surface area contributed by atoms with Gasteiger partial charge in [-0.15, -0.1) is 12.3 Å². The highest BCUT2D eigenvalue weighted by atomic mass is 16.1. The molecule has 0 aromatic carbocycles. The molecule has 0 bridgehead atoms. The fourth-order valence-corrected chi connectivity index (χ4v) is 1.31. The van der Waals surface area contributed by atoms with Crippen LogP contribution >= 0.6 is 0 Å². The Hall–Kier alpha value is -1.96. The summed E-state index contributed by atoms with van der Waals surface area (Å²) in [7, 11) is 0. The molecule has 5 heteroatoms. The fraction of sp³-hybridized carbons (Fsp3) is 0.455. The van der Waals surface area contributed by atoms with Gasteiger partial charge in [0.2, 0.25) is 0 Å². The molecule has 0 radical (unpaired) electrons. The number of carbonyl (C=O) groups excluding carboxylic acids is 1. The minimum absolute atomic E-state index is 0.259. The second-order valence-corrected chi connectivity index (χ2v) is 3.38. The van der Waals surface area contributed by atoms with Crippen molar-refractivity contribution >= 4 is 11.6 Å². The van der Waals surface area contributed by atoms with Crippen LogP contribution in [0.5, 0.6) is 0 Å². The zero-order chi connectivity index (χ0) is 12.0. The average Bonchev–Trinajstić information content (AvgIpc) is 2.65. The molecule has 0 atom stereocenters. The van der Waals surface area contributed by atoms with Gasteiger partial charge < -0.3 is 11.1 Å². The molecule has 16 heavy (non-hydrogen) atoms. The molecule has 0 saturated heterocycles. The van der Waals surface area contributed by atoms with Gasteiger partial charge in [-0.25, -0.2) is 0 Å². The van der Waals surface area contributed by atoms with Gasteiger partial charge in [0.1, 0.15) is 0 Å². The molecule has 1 rings (SSSR count). The van der Waals surface area contributed by atoms with E-state index < -0.39 is 0 Å². The van der Waals surface area contributed by atoms with E-state index in [0.29, 0.717) is 18.7 Å². The summed E-state index contributed by atoms with van der Waals surface area (Å²) in [5.74, 6) is 2.25. The summed E-state index contributed by atoms with van der Waals surface area (Å²) < 4.78 is 0. The zero-order valence-electron chi connectivity index (χ0n) is 9.34. The summed E-state index contributed by atoms with van der Waals surface area (Å²) in [5, 5.41) is 9.34. The minimum atomic E-state index is -0.259. The van der Waals surface area contributed by atoms with E-state index >= 15 is 0 Å². The van der Waals surface area contributed by atoms with Crippen LogP contribution in [0, 0.1) is 12.3 Å². The third-order valence-electron chi connectivity index (χ3n) is 2.23. The van der Waals surface area contributed by atoms with Crippen molar-refractivity contribution in [3.8, 4) is 12.3 Å². The summed E-state index contributed by atoms with van der Waals surface area (Å²) >= 11 is 0. The van der Waals surface area contributed by atoms with Gasteiger partial charge in [0, 0.05) is 13.0 Å². The quantitative estimate of drug-likeness (QED) is 0.504. The van der Waals surface area contributed by atoms with Crippen molar-refractivity contribution in [1.82, 2.24) is 15.5 Å². The second kappa shape index (κ2) is 5.81. The first-order chi connectivity index (χ1) is 7.70. The maximum atomic E-state index is 11.6. The molecule has 4 N–H and O–H groups in total. The zero-order valence-corrected chi connectivity index (χ0v) is 9.34. The van der Waals surface area contributed by atoms with Gasteiger partial charge in [0.05, 0.1) is 11.4 Å². The van der Waals surface area contributed by atoms with Gasteiger partial charge in [-0.1, -0.05) is 6.92 Å². The van der Waals surface area contributed by atoms with Crippen LogP contribution in [0.15, 0.2) is 0 Å². The van der Waals surface area contributed by atoms with Crippen LogP contribution in [0.3, 0.4) is 0 Å². The maximum Gasteiger partial charge on any atom is 0.273 e. The lowest BCUT2D eigenvalue weighted by Gasteiger charge is -2.01. The standard InChI is InChI=1S/C11H16N4O/c1-3-5-6-7-13-11(16)10-9(12)8(4-2)14-15-10/h1H,4-7,12H2,2H3,(H,13,16)(H,14,15). The lowest BCUT2D eigenvalue weighted by Crippen LogP contribution is -2.25. The number of unbranched alkanes of at least 4 members (excludes halogenated alkanes) is 1. The van der Waals surface area contributed by atoms with E-state index in [2.05, 4.69) is 21.4 Å². The van der Waals surface area contributed by atoms with Crippen molar-refractivity contribution in [2.75, 3.05) is 12.3 Å². The lowest BCUT2D eigenvalue weighted by atomic mass is 10.2. The van der Waals surface area contributed by atoms with Gasteiger partial charge in [-0.05, 0) is 12.8 Å². The van der Waals surface area contributed by atoms with E-state index in [1.54, 1.807) is 0 Å². The first-order valence-electron chi connectivity index (χ1n) is 5.25. The third-order valence-corrected chi connectivity index (χ3v) is 2.23. The Balaban J connectivity index is 2.53. The summed E-state index contributed by atoms with van der Waals surface area (Å²) in [6.45, 7) is 2.48. The Morgan fingerprint density at radius 3 is 3.00 bits per heavy atom. The SMILES string of the molecule is C#CCCCNC(=O)c1n[nH]c(CC)c1N. The van der Waals surface area contributed by atoms with Crippen molar-refractivity contribution in [3.63, 3.8) is 0 Å². The van der Waals surface area contributed by atoms with Crippen LogP contribution in [0.4, 0.5) is 5.69 Å². The predicted octanol–water partition coefficient (Wildman–Crippen LogP) is 0.697. The lowest BCUT2D eigenvalue weighted by molar-refractivity contribution is 0.0949. The van der Waals surface area contributed by atoms with Gasteiger partial charge in [0.15, 0.2) is 5.69 Å². The number of aryl methyl sites for hydroxylation is 1. The monoisotopic (exact) mass is 220 g/mol. The topological polar surface area (TPSA) is 83.8 Å². The summed E-state index contributed by atoms with van der Waals surface area (Å²) in [5.41, 5.74) is 7.23. The third kappa shape index (κ3) is 2.76. The van der Waals surface area contributed by atoms with Gasteiger partial charge in [-0.3, -0.25) is 9.89 Å². The molecule has 0 fully saturated rings. The van der Waals surface area contributed by atoms with E-state index in [-0.39, 0.29) is 11.6 Å². The number of nitrogens with zero attached hydrogens (tertiary/aromatic N) is 1. The highest BCUT2D eigenvalue weighted by Gasteiger charge is 2.15. The number of terminal acetylenes is 1. The Morgan fingerprint density at radius 2 is 2.44 bits per heavy atom. The van der Waals surface area contributed by atoms with E-state index in [1.165, 1.54) is 0 Å². The molecule has 86 valence electrons. The van der Waals surface area contributed by atoms with Crippen molar-refractivity contribution in [2.24, 2.45) is 0 Å². The van der Waals surface area contributed by atoms with Crippen LogP contribution in [-0.2, 0) is 6.42 Å². The van der Waals surface area contributed by atoms with Gasteiger partial charge in [0.25, 0.3) is 5.91 Å². The molecule has 0 unspecified atom stereocenters. The first kappa shape index (κ1) is 12.1. The number of nitrogens with one attached hydrogen (secondary N) is 2. The summed E-state index contributed by atoms with van der Waals surface area (Å²) in [6, 6.07) is 0. The number of hydrogen-bond donors (Lipinski definition) is 3. The van der Waals surface area contributed by atoms with Gasteiger partial charge >= 0.3 is 0 Å². The highest BCUT2D eigenvalue weighted by Crippen LogP contribution is 2.13. The number of anilines is 1. The van der Waals surface area contributed by atoms with Crippen LogP contribution in [0.25, 0.3) is 0 Å². The number of amides is 1. The van der Waals surface area contributed by atoms with Crippen molar-refractivity contribution in [1.29, 1.82) is 0 Å². The Labute approximate surface area is 94.8 Å². The van der Waals surface area contributed by atoms with E-state index in [1.807, 2.05) is 6.92 Å². The Bertz CT molecular complexity index is 403. The van der Waals surface area contributed by atoms with Crippen LogP contribution in [0.2, 0.25) is 0 Å². The maximum absolute atomic E-state index is 11.6. The predicted molar refractivity (Wildman–Crippen MR) is 62.8 cm³/mol. The number of carbonyl (C=O) groups is 1. The number of H-pyrrole nitrogens is 1. The molecular weight excluding hydrogens is 204 g/mol. The van der Waals surface area contributed by atoms with Crippen molar-refractivity contribution in [3.05, 3.63) is 11.4 Å². The molecular formula is C11H16N4O. The number of aromatic amines is 1. The molecule has 0 aliphatic rings. The molecule has 0 aliphatic heterocycles. The Kier molecular flexibility index (Phi) is 4.40. The molecule has 1 aromatic heterocycles. The molecule has 1 amide bonds. The minimum Gasteiger partial charge on any atom is -0.395 e. The number of hydrogen-bond acceptors (Lipinski definition) is 3. The Morgan fingerprint density at radius 1 is 1.69 bits per heavy atom. The van der Waals surface area contributed by atoms with Gasteiger partial charge in [-0.2, -0.15) is 5.10 Å².